The molecule has 1 fully saturated rings. The van der Waals surface area contributed by atoms with Gasteiger partial charge in [0.25, 0.3) is 0 Å². The van der Waals surface area contributed by atoms with Crippen LogP contribution in [0.15, 0.2) is 4.99 Å². The number of guanidine groups is 1. The van der Waals surface area contributed by atoms with Crippen LogP contribution in [0.2, 0.25) is 0 Å². The molecule has 0 radical (unpaired) electrons. The van der Waals surface area contributed by atoms with Gasteiger partial charge in [-0.2, -0.15) is 0 Å². The monoisotopic (exact) mass is 170 g/mol. The van der Waals surface area contributed by atoms with Crippen LogP contribution in [0.4, 0.5) is 0 Å². The van der Waals surface area contributed by atoms with E-state index in [9.17, 15) is 0 Å². The van der Waals surface area contributed by atoms with E-state index < -0.39 is 0 Å². The van der Waals surface area contributed by atoms with E-state index in [2.05, 4.69) is 10.4 Å². The van der Waals surface area contributed by atoms with Crippen molar-refractivity contribution in [2.75, 3.05) is 0 Å². The van der Waals surface area contributed by atoms with Gasteiger partial charge in [-0.15, -0.1) is 0 Å². The Kier molecular flexibility index (Phi) is 3.87. The molecule has 4 nitrogen and oxygen atoms in total. The van der Waals surface area contributed by atoms with Crippen molar-refractivity contribution in [2.24, 2.45) is 16.6 Å². The SMILES string of the molecule is NNC(N)=NC1CCCCCC1. The largest absolute Gasteiger partial charge is 0.369 e. The lowest BCUT2D eigenvalue weighted by Crippen LogP contribution is -2.38. The summed E-state index contributed by atoms with van der Waals surface area (Å²) in [6.07, 6.45) is 7.52. The third-order valence-electron chi connectivity index (χ3n) is 2.29. The van der Waals surface area contributed by atoms with E-state index in [0.717, 1.165) is 12.8 Å². The second-order valence-corrected chi connectivity index (χ2v) is 3.30. The minimum absolute atomic E-state index is 0.363. The van der Waals surface area contributed by atoms with Crippen LogP contribution < -0.4 is 17.0 Å². The maximum absolute atomic E-state index is 5.47. The summed E-state index contributed by atoms with van der Waals surface area (Å²) in [6, 6.07) is 0.392. The molecule has 12 heavy (non-hydrogen) atoms. The number of nitrogens with zero attached hydrogens (tertiary/aromatic N) is 1. The zero-order valence-corrected chi connectivity index (χ0v) is 7.42. The lowest BCUT2D eigenvalue weighted by atomic mass is 10.1. The molecule has 4 heteroatoms. The fraction of sp³-hybridized carbons (Fsp3) is 0.875. The van der Waals surface area contributed by atoms with E-state index in [4.69, 9.17) is 11.6 Å². The molecule has 0 spiro atoms. The Bertz CT molecular complexity index is 147. The van der Waals surface area contributed by atoms with E-state index in [1.54, 1.807) is 0 Å². The highest BCUT2D eigenvalue weighted by Crippen LogP contribution is 2.19. The fourth-order valence-corrected chi connectivity index (χ4v) is 1.62. The molecule has 0 heterocycles. The van der Waals surface area contributed by atoms with Crippen molar-refractivity contribution >= 4 is 5.96 Å². The summed E-state index contributed by atoms with van der Waals surface area (Å²) in [5.74, 6) is 5.49. The molecular formula is C8H18N4. The van der Waals surface area contributed by atoms with Gasteiger partial charge < -0.3 is 5.73 Å². The summed E-state index contributed by atoms with van der Waals surface area (Å²) < 4.78 is 0. The second-order valence-electron chi connectivity index (χ2n) is 3.30. The molecule has 1 aliphatic carbocycles. The van der Waals surface area contributed by atoms with Gasteiger partial charge >= 0.3 is 0 Å². The number of hydrazine groups is 1. The maximum atomic E-state index is 5.47. The van der Waals surface area contributed by atoms with E-state index in [1.165, 1.54) is 25.7 Å². The quantitative estimate of drug-likeness (QED) is 0.176. The zero-order valence-electron chi connectivity index (χ0n) is 7.42. The predicted octanol–water partition coefficient (Wildman–Crippen LogP) is 0.487. The van der Waals surface area contributed by atoms with Crippen LogP contribution in [0.1, 0.15) is 38.5 Å². The molecule has 0 amide bonds. The Morgan fingerprint density at radius 3 is 2.25 bits per heavy atom. The van der Waals surface area contributed by atoms with Crippen molar-refractivity contribution < 1.29 is 0 Å². The Morgan fingerprint density at radius 2 is 1.75 bits per heavy atom. The molecule has 0 unspecified atom stereocenters. The Morgan fingerprint density at radius 1 is 1.17 bits per heavy atom. The highest BCUT2D eigenvalue weighted by atomic mass is 15.3. The first kappa shape index (κ1) is 9.32. The maximum Gasteiger partial charge on any atom is 0.203 e. The Balaban J connectivity index is 2.38. The summed E-state index contributed by atoms with van der Waals surface area (Å²) in [5, 5.41) is 0. The van der Waals surface area contributed by atoms with Crippen molar-refractivity contribution in [1.29, 1.82) is 0 Å². The van der Waals surface area contributed by atoms with Crippen LogP contribution in [0.3, 0.4) is 0 Å². The number of hydrogen-bond acceptors (Lipinski definition) is 2. The van der Waals surface area contributed by atoms with E-state index in [1.807, 2.05) is 0 Å². The molecule has 0 atom stereocenters. The first-order valence-electron chi connectivity index (χ1n) is 4.63. The molecule has 1 aliphatic rings. The molecule has 1 rings (SSSR count). The van der Waals surface area contributed by atoms with E-state index >= 15 is 0 Å². The van der Waals surface area contributed by atoms with Gasteiger partial charge in [0.15, 0.2) is 0 Å². The zero-order chi connectivity index (χ0) is 8.81. The van der Waals surface area contributed by atoms with Crippen LogP contribution in [-0.2, 0) is 0 Å². The first-order chi connectivity index (χ1) is 5.83. The van der Waals surface area contributed by atoms with Crippen molar-refractivity contribution in [1.82, 2.24) is 5.43 Å². The van der Waals surface area contributed by atoms with Gasteiger partial charge in [0, 0.05) is 0 Å². The molecule has 0 aromatic carbocycles. The second kappa shape index (κ2) is 4.98. The normalized spacial score (nSPS) is 21.9. The first-order valence-corrected chi connectivity index (χ1v) is 4.63. The number of nitrogens with two attached hydrogens (primary N) is 2. The van der Waals surface area contributed by atoms with Gasteiger partial charge in [0.2, 0.25) is 5.96 Å². The minimum atomic E-state index is 0.363. The number of aliphatic imine (C=N–C) groups is 1. The molecule has 5 N–H and O–H groups in total. The third kappa shape index (κ3) is 3.09. The molecule has 70 valence electrons. The molecule has 0 saturated heterocycles. The average Bonchev–Trinajstić information content (AvgIpc) is 2.33. The summed E-state index contributed by atoms with van der Waals surface area (Å²) >= 11 is 0. The van der Waals surface area contributed by atoms with Gasteiger partial charge in [-0.25, -0.2) is 10.8 Å². The minimum Gasteiger partial charge on any atom is -0.369 e. The van der Waals surface area contributed by atoms with Crippen molar-refractivity contribution in [3.63, 3.8) is 0 Å². The van der Waals surface area contributed by atoms with Gasteiger partial charge in [-0.05, 0) is 12.8 Å². The van der Waals surface area contributed by atoms with Crippen LogP contribution in [0.25, 0.3) is 0 Å². The molecular weight excluding hydrogens is 152 g/mol. The van der Waals surface area contributed by atoms with Gasteiger partial charge in [0.05, 0.1) is 6.04 Å². The van der Waals surface area contributed by atoms with Crippen LogP contribution in [0, 0.1) is 0 Å². The lowest BCUT2D eigenvalue weighted by molar-refractivity contribution is 0.582. The smallest absolute Gasteiger partial charge is 0.203 e. The number of rotatable bonds is 1. The highest BCUT2D eigenvalue weighted by Gasteiger charge is 2.10. The van der Waals surface area contributed by atoms with Crippen LogP contribution >= 0.6 is 0 Å². The number of nitrogens with one attached hydrogen (secondary N) is 1. The Hall–Kier alpha value is -0.770. The molecule has 0 aromatic rings. The Labute approximate surface area is 73.4 Å². The lowest BCUT2D eigenvalue weighted by Gasteiger charge is -2.08. The van der Waals surface area contributed by atoms with Gasteiger partial charge in [-0.1, -0.05) is 25.7 Å². The summed E-state index contributed by atoms with van der Waals surface area (Å²) in [6.45, 7) is 0. The van der Waals surface area contributed by atoms with Crippen molar-refractivity contribution in [3.8, 4) is 0 Å². The summed E-state index contributed by atoms with van der Waals surface area (Å²) in [5.41, 5.74) is 7.83. The summed E-state index contributed by atoms with van der Waals surface area (Å²) in [7, 11) is 0. The fourth-order valence-electron chi connectivity index (χ4n) is 1.62. The third-order valence-corrected chi connectivity index (χ3v) is 2.29. The topological polar surface area (TPSA) is 76.4 Å². The van der Waals surface area contributed by atoms with Gasteiger partial charge in [-0.3, -0.25) is 5.43 Å². The van der Waals surface area contributed by atoms with Crippen LogP contribution in [-0.4, -0.2) is 12.0 Å². The van der Waals surface area contributed by atoms with E-state index in [0.29, 0.717) is 12.0 Å². The molecule has 1 saturated carbocycles. The standard InChI is InChI=1S/C8H18N4/c9-8(12-10)11-7-5-3-1-2-4-6-7/h7H,1-6,10H2,(H3,9,11,12). The predicted molar refractivity (Wildman–Crippen MR) is 50.4 cm³/mol. The van der Waals surface area contributed by atoms with Crippen molar-refractivity contribution in [2.45, 2.75) is 44.6 Å². The van der Waals surface area contributed by atoms with Crippen LogP contribution in [0.5, 0.6) is 0 Å². The number of hydrogen-bond donors (Lipinski definition) is 3. The van der Waals surface area contributed by atoms with E-state index in [-0.39, 0.29) is 0 Å². The molecule has 0 aliphatic heterocycles. The van der Waals surface area contributed by atoms with Gasteiger partial charge in [0.1, 0.15) is 0 Å². The van der Waals surface area contributed by atoms with Crippen molar-refractivity contribution in [3.05, 3.63) is 0 Å². The average molecular weight is 170 g/mol. The molecule has 0 aromatic heterocycles. The summed E-state index contributed by atoms with van der Waals surface area (Å²) in [4.78, 5) is 4.27. The highest BCUT2D eigenvalue weighted by molar-refractivity contribution is 5.77. The molecule has 0 bridgehead atoms.